The van der Waals surface area contributed by atoms with E-state index in [1.54, 1.807) is 18.2 Å². The van der Waals surface area contributed by atoms with Gasteiger partial charge in [0.1, 0.15) is 18.0 Å². The average molecular weight is 468 g/mol. The number of likely N-dealkylation sites (tertiary alicyclic amines) is 1. The van der Waals surface area contributed by atoms with Crippen LogP contribution in [-0.2, 0) is 19.6 Å². The van der Waals surface area contributed by atoms with Crippen LogP contribution < -0.4 is 14.8 Å². The lowest BCUT2D eigenvalue weighted by Gasteiger charge is -2.37. The van der Waals surface area contributed by atoms with Gasteiger partial charge in [-0.15, -0.1) is 0 Å². The fraction of sp³-hybridized carbons (Fsp3) is 0.682. The average Bonchev–Trinajstić information content (AvgIpc) is 3.11. The van der Waals surface area contributed by atoms with E-state index in [4.69, 9.17) is 9.47 Å². The van der Waals surface area contributed by atoms with Crippen molar-refractivity contribution in [3.05, 3.63) is 23.8 Å². The summed E-state index contributed by atoms with van der Waals surface area (Å²) >= 11 is 0. The van der Waals surface area contributed by atoms with Crippen molar-refractivity contribution in [1.82, 2.24) is 10.2 Å². The molecule has 4 rings (SSSR count). The molecule has 3 N–H and O–H groups in total. The fourth-order valence-corrected chi connectivity index (χ4v) is 5.54. The van der Waals surface area contributed by atoms with Crippen LogP contribution in [0.4, 0.5) is 5.69 Å². The highest BCUT2D eigenvalue weighted by Gasteiger charge is 2.46. The summed E-state index contributed by atoms with van der Waals surface area (Å²) in [5.74, 6) is 0.518. The van der Waals surface area contributed by atoms with Crippen LogP contribution in [0.25, 0.3) is 0 Å². The SMILES string of the molecule is CS(=O)(=O)Nc1ccc2c(c1)[C@@H]1C[C@@H](CC(=O)NCCN3CCCCC3)O[C@H](CO)[C@@H]1O2. The van der Waals surface area contributed by atoms with Gasteiger partial charge in [-0.1, -0.05) is 6.42 Å². The molecule has 2 saturated heterocycles. The highest BCUT2D eigenvalue weighted by atomic mass is 32.2. The number of hydrogen-bond donors (Lipinski definition) is 3. The Morgan fingerprint density at radius 1 is 1.25 bits per heavy atom. The van der Waals surface area contributed by atoms with Crippen molar-refractivity contribution in [3.8, 4) is 5.75 Å². The molecule has 32 heavy (non-hydrogen) atoms. The fourth-order valence-electron chi connectivity index (χ4n) is 4.98. The summed E-state index contributed by atoms with van der Waals surface area (Å²) in [6, 6.07) is 5.16. The van der Waals surface area contributed by atoms with Crippen LogP contribution in [0.5, 0.6) is 5.75 Å². The zero-order valence-electron chi connectivity index (χ0n) is 18.5. The summed E-state index contributed by atoms with van der Waals surface area (Å²) in [7, 11) is -3.40. The minimum Gasteiger partial charge on any atom is -0.487 e. The van der Waals surface area contributed by atoms with Crippen LogP contribution >= 0.6 is 0 Å². The van der Waals surface area contributed by atoms with Crippen molar-refractivity contribution in [2.24, 2.45) is 0 Å². The highest BCUT2D eigenvalue weighted by molar-refractivity contribution is 7.92. The van der Waals surface area contributed by atoms with Gasteiger partial charge in [-0.25, -0.2) is 8.42 Å². The molecular formula is C22H33N3O6S. The first-order valence-corrected chi connectivity index (χ1v) is 13.3. The van der Waals surface area contributed by atoms with E-state index in [9.17, 15) is 18.3 Å². The molecule has 1 amide bonds. The zero-order chi connectivity index (χ0) is 22.7. The maximum Gasteiger partial charge on any atom is 0.229 e. The van der Waals surface area contributed by atoms with Crippen molar-refractivity contribution < 1.29 is 27.8 Å². The van der Waals surface area contributed by atoms with Gasteiger partial charge in [0, 0.05) is 30.3 Å². The normalized spacial score (nSPS) is 27.8. The third-order valence-corrected chi connectivity index (χ3v) is 7.02. The number of aliphatic hydroxyl groups excluding tert-OH is 1. The van der Waals surface area contributed by atoms with E-state index in [-0.39, 0.29) is 37.1 Å². The largest absolute Gasteiger partial charge is 0.487 e. The molecule has 0 spiro atoms. The number of carbonyl (C=O) groups excluding carboxylic acids is 1. The lowest BCUT2D eigenvalue weighted by Crippen LogP contribution is -2.47. The first-order chi connectivity index (χ1) is 15.3. The van der Waals surface area contributed by atoms with Crippen molar-refractivity contribution in [2.75, 3.05) is 43.8 Å². The van der Waals surface area contributed by atoms with Crippen LogP contribution in [0.2, 0.25) is 0 Å². The van der Waals surface area contributed by atoms with Crippen molar-refractivity contribution >= 4 is 21.6 Å². The van der Waals surface area contributed by atoms with Gasteiger partial charge in [0.15, 0.2) is 0 Å². The second-order valence-corrected chi connectivity index (χ2v) is 10.7. The Bertz CT molecular complexity index is 918. The van der Waals surface area contributed by atoms with E-state index in [0.29, 0.717) is 24.4 Å². The monoisotopic (exact) mass is 467 g/mol. The van der Waals surface area contributed by atoms with Crippen LogP contribution in [0.3, 0.4) is 0 Å². The minimum atomic E-state index is -3.40. The molecule has 178 valence electrons. The lowest BCUT2D eigenvalue weighted by molar-refractivity contribution is -0.142. The molecule has 3 aliphatic heterocycles. The molecule has 0 aliphatic carbocycles. The van der Waals surface area contributed by atoms with Gasteiger partial charge in [-0.3, -0.25) is 9.52 Å². The van der Waals surface area contributed by atoms with Gasteiger partial charge >= 0.3 is 0 Å². The maximum atomic E-state index is 12.5. The van der Waals surface area contributed by atoms with Gasteiger partial charge in [-0.2, -0.15) is 0 Å². The van der Waals surface area contributed by atoms with E-state index in [1.165, 1.54) is 19.3 Å². The molecule has 3 heterocycles. The molecule has 4 atom stereocenters. The standard InChI is InChI=1S/C22H33N3O6S/c1-32(28,29)24-15-5-6-19-17(11-15)18-12-16(30-20(14-26)22(18)31-19)13-21(27)23-7-10-25-8-3-2-4-9-25/h5-6,11,16,18,20,22,24,26H,2-4,7-10,12-14H2,1H3,(H,23,27)/t16-,18-,20+,22+/m0/s1. The quantitative estimate of drug-likeness (QED) is 0.523. The Kier molecular flexibility index (Phi) is 7.24. The van der Waals surface area contributed by atoms with E-state index in [0.717, 1.165) is 31.5 Å². The molecule has 3 aliphatic rings. The van der Waals surface area contributed by atoms with Gasteiger partial charge in [-0.05, 0) is 50.6 Å². The molecule has 0 unspecified atom stereocenters. The summed E-state index contributed by atoms with van der Waals surface area (Å²) in [6.45, 7) is 3.46. The Morgan fingerprint density at radius 3 is 2.75 bits per heavy atom. The number of hydrogen-bond acceptors (Lipinski definition) is 7. The molecule has 0 radical (unpaired) electrons. The first-order valence-electron chi connectivity index (χ1n) is 11.4. The molecule has 0 saturated carbocycles. The number of ether oxygens (including phenoxy) is 2. The van der Waals surface area contributed by atoms with Gasteiger partial charge in [0.05, 0.1) is 25.4 Å². The van der Waals surface area contributed by atoms with E-state index in [1.807, 2.05) is 0 Å². The zero-order valence-corrected chi connectivity index (χ0v) is 19.3. The number of piperidine rings is 1. The number of carbonyl (C=O) groups is 1. The second kappa shape index (κ2) is 9.94. The molecule has 0 bridgehead atoms. The van der Waals surface area contributed by atoms with Crippen LogP contribution in [0.15, 0.2) is 18.2 Å². The summed E-state index contributed by atoms with van der Waals surface area (Å²) in [6.07, 6.45) is 4.38. The van der Waals surface area contributed by atoms with Crippen LogP contribution in [0, 0.1) is 0 Å². The Hall–Kier alpha value is -1.88. The molecule has 10 heteroatoms. The molecule has 1 aromatic rings. The van der Waals surface area contributed by atoms with E-state index >= 15 is 0 Å². The number of aliphatic hydroxyl groups is 1. The third kappa shape index (κ3) is 5.72. The highest BCUT2D eigenvalue weighted by Crippen LogP contribution is 2.47. The molecule has 9 nitrogen and oxygen atoms in total. The van der Waals surface area contributed by atoms with Crippen molar-refractivity contribution in [3.63, 3.8) is 0 Å². The number of fused-ring (bicyclic) bond motifs is 3. The number of benzene rings is 1. The van der Waals surface area contributed by atoms with Gasteiger partial charge in [0.2, 0.25) is 15.9 Å². The smallest absolute Gasteiger partial charge is 0.229 e. The number of nitrogens with zero attached hydrogens (tertiary/aromatic N) is 1. The Labute approximate surface area is 189 Å². The summed E-state index contributed by atoms with van der Waals surface area (Å²) in [5.41, 5.74) is 1.34. The maximum absolute atomic E-state index is 12.5. The van der Waals surface area contributed by atoms with Gasteiger partial charge in [0.25, 0.3) is 0 Å². The summed E-state index contributed by atoms with van der Waals surface area (Å²) in [4.78, 5) is 14.9. The van der Waals surface area contributed by atoms with Crippen molar-refractivity contribution in [2.45, 2.75) is 56.3 Å². The lowest BCUT2D eigenvalue weighted by atomic mass is 9.84. The second-order valence-electron chi connectivity index (χ2n) is 8.99. The molecular weight excluding hydrogens is 434 g/mol. The molecule has 0 aromatic heterocycles. The number of amides is 1. The number of sulfonamides is 1. The van der Waals surface area contributed by atoms with Crippen molar-refractivity contribution in [1.29, 1.82) is 0 Å². The summed E-state index contributed by atoms with van der Waals surface area (Å²) < 4.78 is 37.7. The number of rotatable bonds is 8. The molecule has 2 fully saturated rings. The first kappa shape index (κ1) is 23.3. The Morgan fingerprint density at radius 2 is 2.03 bits per heavy atom. The van der Waals surface area contributed by atoms with E-state index in [2.05, 4.69) is 14.9 Å². The van der Waals surface area contributed by atoms with Gasteiger partial charge < -0.3 is 24.8 Å². The minimum absolute atomic E-state index is 0.0613. The molecule has 1 aromatic carbocycles. The third-order valence-electron chi connectivity index (χ3n) is 6.41. The Balaban J connectivity index is 1.37. The van der Waals surface area contributed by atoms with Crippen LogP contribution in [0.1, 0.15) is 43.6 Å². The topological polar surface area (TPSA) is 117 Å². The van der Waals surface area contributed by atoms with E-state index < -0.39 is 16.1 Å². The summed E-state index contributed by atoms with van der Waals surface area (Å²) in [5, 5.41) is 12.9. The predicted octanol–water partition coefficient (Wildman–Crippen LogP) is 1.04. The number of nitrogens with one attached hydrogen (secondary N) is 2. The predicted molar refractivity (Wildman–Crippen MR) is 120 cm³/mol. The number of anilines is 1. The van der Waals surface area contributed by atoms with Crippen LogP contribution in [-0.4, -0.2) is 81.7 Å².